The van der Waals surface area contributed by atoms with E-state index in [0.717, 1.165) is 10.9 Å². The molecule has 0 aliphatic carbocycles. The van der Waals surface area contributed by atoms with Crippen LogP contribution in [0.3, 0.4) is 0 Å². The smallest absolute Gasteiger partial charge is 0.459 e. The van der Waals surface area contributed by atoms with Gasteiger partial charge in [-0.2, -0.15) is 0 Å². The molecule has 0 unspecified atom stereocenters. The maximum absolute atomic E-state index is 10.0. The summed E-state index contributed by atoms with van der Waals surface area (Å²) in [5.74, 6) is 0.111. The first-order valence-corrected chi connectivity index (χ1v) is 5.47. The summed E-state index contributed by atoms with van der Waals surface area (Å²) in [7, 11) is 0. The fraction of sp³-hybridized carbons (Fsp3) is 0.333. The lowest BCUT2D eigenvalue weighted by atomic mass is 10.2. The number of aryl methyl sites for hydroxylation is 1. The minimum Gasteiger partial charge on any atom is -0.459 e. The topological polar surface area (TPSA) is 48.2 Å². The number of hydrogen-bond acceptors (Lipinski definition) is 2. The van der Waals surface area contributed by atoms with Crippen molar-refractivity contribution in [1.82, 2.24) is 0 Å². The predicted molar refractivity (Wildman–Crippen MR) is 59.0 cm³/mol. The van der Waals surface area contributed by atoms with Crippen LogP contribution in [-0.4, -0.2) is 10.2 Å². The molecule has 2 aromatic rings. The van der Waals surface area contributed by atoms with Crippen LogP contribution < -0.4 is 9.13 Å². The van der Waals surface area contributed by atoms with Crippen molar-refractivity contribution >= 4 is 10.9 Å². The van der Waals surface area contributed by atoms with E-state index in [1.54, 1.807) is 4.57 Å². The minimum absolute atomic E-state index is 0.0844. The van der Waals surface area contributed by atoms with Crippen LogP contribution in [0.4, 0.5) is 0 Å². The molecule has 0 saturated heterocycles. The number of aromatic nitrogens is 2. The Balaban J connectivity index is 2.94. The minimum atomic E-state index is 0.0844. The number of fused-ring (bicyclic) bond motifs is 1. The largest absolute Gasteiger partial charge is 0.632 e. The molecule has 0 bridgehead atoms. The van der Waals surface area contributed by atoms with E-state index in [4.69, 9.17) is 0 Å². The van der Waals surface area contributed by atoms with Crippen LogP contribution in [0.2, 0.25) is 0 Å². The van der Waals surface area contributed by atoms with E-state index in [1.807, 2.05) is 38.1 Å². The summed E-state index contributed by atoms with van der Waals surface area (Å²) in [5, 5.41) is 20.8. The Bertz CT molecular complexity index is 538. The van der Waals surface area contributed by atoms with Gasteiger partial charge in [-0.1, -0.05) is 21.3 Å². The molecule has 0 atom stereocenters. The normalized spacial score (nSPS) is 10.9. The zero-order valence-corrected chi connectivity index (χ0v) is 9.51. The maximum Gasteiger partial charge on any atom is 0.632 e. The van der Waals surface area contributed by atoms with Crippen LogP contribution in [0.15, 0.2) is 24.3 Å². The molecule has 0 amide bonds. The summed E-state index contributed by atoms with van der Waals surface area (Å²) in [6.07, 6.45) is 0. The molecule has 1 aromatic heterocycles. The first kappa shape index (κ1) is 10.7. The van der Waals surface area contributed by atoms with Crippen LogP contribution in [0.25, 0.3) is 10.9 Å². The lowest BCUT2D eigenvalue weighted by molar-refractivity contribution is -0.818. The van der Waals surface area contributed by atoms with E-state index in [9.17, 15) is 10.2 Å². The molecule has 2 N–H and O–H groups in total. The number of benzene rings is 1. The first-order valence-electron chi connectivity index (χ1n) is 5.47. The Morgan fingerprint density at radius 3 is 2.25 bits per heavy atom. The van der Waals surface area contributed by atoms with E-state index < -0.39 is 0 Å². The number of rotatable bonds is 2. The molecular formula is C12H16N2O2+2. The van der Waals surface area contributed by atoms with Crippen LogP contribution in [0, 0.1) is 0 Å². The van der Waals surface area contributed by atoms with Gasteiger partial charge < -0.3 is 10.2 Å². The van der Waals surface area contributed by atoms with Gasteiger partial charge in [0.15, 0.2) is 18.5 Å². The standard InChI is InChI=1S/C12H14N2O2/c1-3-13-10-8-6-5-7-9(10)11(15)14(4-2)12(13)16/h5-8H,3-4H2,1-2H3/p+2. The zero-order valence-electron chi connectivity index (χ0n) is 9.51. The molecule has 1 heterocycles. The van der Waals surface area contributed by atoms with Gasteiger partial charge in [0, 0.05) is 6.07 Å². The van der Waals surface area contributed by atoms with Gasteiger partial charge in [0.25, 0.3) is 0 Å². The Kier molecular flexibility index (Phi) is 2.64. The molecule has 16 heavy (non-hydrogen) atoms. The van der Waals surface area contributed by atoms with Crippen molar-refractivity contribution in [2.75, 3.05) is 0 Å². The molecule has 0 radical (unpaired) electrons. The Hall–Kier alpha value is -1.84. The highest BCUT2D eigenvalue weighted by atomic mass is 16.3. The Morgan fingerprint density at radius 1 is 1.00 bits per heavy atom. The molecule has 0 aliphatic rings. The van der Waals surface area contributed by atoms with Crippen LogP contribution in [0.5, 0.6) is 11.9 Å². The highest BCUT2D eigenvalue weighted by molar-refractivity contribution is 5.79. The molecule has 0 saturated carbocycles. The van der Waals surface area contributed by atoms with E-state index in [1.165, 1.54) is 4.57 Å². The fourth-order valence-electron chi connectivity index (χ4n) is 1.99. The lowest BCUT2D eigenvalue weighted by Crippen LogP contribution is -2.47. The van der Waals surface area contributed by atoms with Crippen molar-refractivity contribution in [1.29, 1.82) is 0 Å². The van der Waals surface area contributed by atoms with Crippen molar-refractivity contribution in [2.45, 2.75) is 26.9 Å². The molecular weight excluding hydrogens is 204 g/mol. The summed E-state index contributed by atoms with van der Waals surface area (Å²) < 4.78 is 3.27. The molecule has 2 rings (SSSR count). The summed E-state index contributed by atoms with van der Waals surface area (Å²) >= 11 is 0. The van der Waals surface area contributed by atoms with E-state index >= 15 is 0 Å². The van der Waals surface area contributed by atoms with Crippen molar-refractivity contribution in [3.63, 3.8) is 0 Å². The maximum atomic E-state index is 10.0. The van der Waals surface area contributed by atoms with Crippen molar-refractivity contribution in [3.05, 3.63) is 24.3 Å². The number of hydrogen-bond donors (Lipinski definition) is 2. The van der Waals surface area contributed by atoms with Gasteiger partial charge in [0.1, 0.15) is 0 Å². The molecule has 0 spiro atoms. The lowest BCUT2D eigenvalue weighted by Gasteiger charge is -2.01. The fourth-order valence-corrected chi connectivity index (χ4v) is 1.99. The van der Waals surface area contributed by atoms with Gasteiger partial charge in [0.05, 0.1) is 0 Å². The quantitative estimate of drug-likeness (QED) is 0.738. The highest BCUT2D eigenvalue weighted by Crippen LogP contribution is 2.19. The van der Waals surface area contributed by atoms with Gasteiger partial charge in [0.2, 0.25) is 5.52 Å². The third-order valence-corrected chi connectivity index (χ3v) is 2.81. The van der Waals surface area contributed by atoms with E-state index in [2.05, 4.69) is 0 Å². The van der Waals surface area contributed by atoms with Crippen LogP contribution in [0.1, 0.15) is 13.8 Å². The summed E-state index contributed by atoms with van der Waals surface area (Å²) in [4.78, 5) is 0. The predicted octanol–water partition coefficient (Wildman–Crippen LogP) is 0.866. The molecule has 0 aliphatic heterocycles. The number of para-hydroxylation sites is 1. The van der Waals surface area contributed by atoms with Crippen molar-refractivity contribution in [2.24, 2.45) is 0 Å². The second-order valence-corrected chi connectivity index (χ2v) is 3.63. The molecule has 0 fully saturated rings. The Labute approximate surface area is 94.0 Å². The summed E-state index contributed by atoms with van der Waals surface area (Å²) in [6.45, 7) is 5.03. The monoisotopic (exact) mass is 220 g/mol. The zero-order chi connectivity index (χ0) is 11.7. The highest BCUT2D eigenvalue weighted by Gasteiger charge is 2.31. The van der Waals surface area contributed by atoms with Gasteiger partial charge in [-0.25, -0.2) is 0 Å². The van der Waals surface area contributed by atoms with Crippen LogP contribution in [-0.2, 0) is 13.1 Å². The van der Waals surface area contributed by atoms with Crippen molar-refractivity contribution < 1.29 is 19.3 Å². The molecule has 1 aromatic carbocycles. The second kappa shape index (κ2) is 3.96. The first-order chi connectivity index (χ1) is 7.70. The third kappa shape index (κ3) is 1.38. The third-order valence-electron chi connectivity index (χ3n) is 2.81. The molecule has 84 valence electrons. The van der Waals surface area contributed by atoms with Gasteiger partial charge >= 0.3 is 11.9 Å². The van der Waals surface area contributed by atoms with Gasteiger partial charge in [-0.05, 0) is 19.9 Å². The number of nitrogens with zero attached hydrogens (tertiary/aromatic N) is 2. The SMILES string of the molecule is CC[n+]1c(O)c2ccccc2[n+](CC)c1O. The van der Waals surface area contributed by atoms with Crippen LogP contribution >= 0.6 is 0 Å². The second-order valence-electron chi connectivity index (χ2n) is 3.63. The van der Waals surface area contributed by atoms with Gasteiger partial charge in [-0.15, -0.1) is 0 Å². The Morgan fingerprint density at radius 2 is 1.62 bits per heavy atom. The number of aromatic hydroxyl groups is 2. The molecule has 4 nitrogen and oxygen atoms in total. The van der Waals surface area contributed by atoms with E-state index in [0.29, 0.717) is 13.1 Å². The average molecular weight is 220 g/mol. The molecule has 4 heteroatoms. The average Bonchev–Trinajstić information content (AvgIpc) is 2.30. The van der Waals surface area contributed by atoms with Gasteiger partial charge in [-0.3, -0.25) is 0 Å². The van der Waals surface area contributed by atoms with Crippen molar-refractivity contribution in [3.8, 4) is 11.9 Å². The van der Waals surface area contributed by atoms with E-state index in [-0.39, 0.29) is 11.9 Å². The summed E-state index contributed by atoms with van der Waals surface area (Å²) in [5.41, 5.74) is 0.838. The summed E-state index contributed by atoms with van der Waals surface area (Å²) in [6, 6.07) is 7.59.